The molecule has 51 heavy (non-hydrogen) atoms. The standard InChI is InChI=1S/C18H25ClN2O4.C9H8ClFO2.C9H18N2O2/c1-5-24-16(22)13-6-7-15(14(19)12-13)20-8-10-21(11-9-20)17(23)25-18(2,3)4;1-2-13-9(12)6-3-4-8(11)7(10)5-6;1-9(2,3)13-8(12)11-6-4-10-5-7-11/h6-7,12H,5,8-11H2,1-4H3;3-5H,2H2,1H3;10H,4-7H2,1-3H3. The van der Waals surface area contributed by atoms with E-state index in [1.165, 1.54) is 12.1 Å². The number of anilines is 1. The molecule has 0 saturated carbocycles. The Kier molecular flexibility index (Phi) is 17.2. The number of nitrogens with one attached hydrogen (secondary N) is 1. The van der Waals surface area contributed by atoms with Crippen molar-refractivity contribution in [2.45, 2.75) is 66.6 Å². The summed E-state index contributed by atoms with van der Waals surface area (Å²) in [5.74, 6) is -1.43. The Labute approximate surface area is 310 Å². The van der Waals surface area contributed by atoms with Crippen molar-refractivity contribution in [2.75, 3.05) is 70.5 Å². The lowest BCUT2D eigenvalue weighted by Gasteiger charge is -2.37. The number of halogens is 3. The van der Waals surface area contributed by atoms with Crippen molar-refractivity contribution in [1.29, 1.82) is 0 Å². The van der Waals surface area contributed by atoms with Gasteiger partial charge in [-0.1, -0.05) is 23.2 Å². The first-order chi connectivity index (χ1) is 23.8. The van der Waals surface area contributed by atoms with Crippen molar-refractivity contribution in [3.05, 3.63) is 63.4 Å². The lowest BCUT2D eigenvalue weighted by atomic mass is 10.1. The number of rotatable bonds is 5. The van der Waals surface area contributed by atoms with Gasteiger partial charge in [0.1, 0.15) is 17.0 Å². The number of piperazine rings is 2. The van der Waals surface area contributed by atoms with Gasteiger partial charge in [-0.3, -0.25) is 0 Å². The van der Waals surface area contributed by atoms with E-state index < -0.39 is 17.4 Å². The van der Waals surface area contributed by atoms with Gasteiger partial charge in [-0.25, -0.2) is 23.6 Å². The highest BCUT2D eigenvalue weighted by Gasteiger charge is 2.27. The predicted octanol–water partition coefficient (Wildman–Crippen LogP) is 7.06. The summed E-state index contributed by atoms with van der Waals surface area (Å²) in [6.07, 6.45) is -0.495. The number of carbonyl (C=O) groups is 4. The van der Waals surface area contributed by atoms with Crippen molar-refractivity contribution in [3.8, 4) is 0 Å². The number of hydrogen-bond acceptors (Lipinski definition) is 10. The summed E-state index contributed by atoms with van der Waals surface area (Å²) in [4.78, 5) is 52.0. The third-order valence-corrected chi connectivity index (χ3v) is 7.52. The minimum Gasteiger partial charge on any atom is -0.462 e. The second-order valence-electron chi connectivity index (χ2n) is 13.4. The largest absolute Gasteiger partial charge is 0.462 e. The molecule has 0 unspecified atom stereocenters. The molecule has 0 atom stereocenters. The van der Waals surface area contributed by atoms with E-state index >= 15 is 0 Å². The zero-order valence-corrected chi connectivity index (χ0v) is 32.3. The summed E-state index contributed by atoms with van der Waals surface area (Å²) in [6.45, 7) is 20.9. The van der Waals surface area contributed by atoms with Crippen molar-refractivity contribution in [3.63, 3.8) is 0 Å². The average molecular weight is 758 g/mol. The molecule has 15 heteroatoms. The second-order valence-corrected chi connectivity index (χ2v) is 14.2. The van der Waals surface area contributed by atoms with Crippen LogP contribution in [0.4, 0.5) is 19.7 Å². The van der Waals surface area contributed by atoms with Crippen LogP contribution in [-0.4, -0.2) is 111 Å². The monoisotopic (exact) mass is 756 g/mol. The molecule has 0 aromatic heterocycles. The molecule has 1 N–H and O–H groups in total. The zero-order chi connectivity index (χ0) is 38.4. The van der Waals surface area contributed by atoms with Crippen LogP contribution in [-0.2, 0) is 18.9 Å². The topological polar surface area (TPSA) is 127 Å². The molecule has 0 aliphatic carbocycles. The number of hydrogen-bond donors (Lipinski definition) is 1. The first-order valence-electron chi connectivity index (χ1n) is 16.9. The quantitative estimate of drug-likeness (QED) is 0.250. The van der Waals surface area contributed by atoms with E-state index in [2.05, 4.69) is 10.2 Å². The Bertz CT molecular complexity index is 1470. The first kappa shape index (κ1) is 43.4. The lowest BCUT2D eigenvalue weighted by molar-refractivity contribution is 0.0223. The fourth-order valence-electron chi connectivity index (χ4n) is 4.57. The third-order valence-electron chi connectivity index (χ3n) is 6.93. The van der Waals surface area contributed by atoms with Gasteiger partial charge in [0, 0.05) is 52.4 Å². The third kappa shape index (κ3) is 15.5. The van der Waals surface area contributed by atoms with Crippen LogP contribution in [0.1, 0.15) is 76.1 Å². The first-order valence-corrected chi connectivity index (χ1v) is 17.6. The summed E-state index contributed by atoms with van der Waals surface area (Å²) in [7, 11) is 0. The zero-order valence-electron chi connectivity index (χ0n) is 30.8. The predicted molar refractivity (Wildman–Crippen MR) is 195 cm³/mol. The smallest absolute Gasteiger partial charge is 0.410 e. The highest BCUT2D eigenvalue weighted by Crippen LogP contribution is 2.28. The van der Waals surface area contributed by atoms with E-state index in [9.17, 15) is 23.6 Å². The van der Waals surface area contributed by atoms with Crippen LogP contribution in [0.3, 0.4) is 0 Å². The van der Waals surface area contributed by atoms with Crippen LogP contribution in [0.5, 0.6) is 0 Å². The molecule has 2 aromatic carbocycles. The molecule has 0 spiro atoms. The second kappa shape index (κ2) is 20.3. The lowest BCUT2D eigenvalue weighted by Crippen LogP contribution is -2.50. The average Bonchev–Trinajstić information content (AvgIpc) is 3.06. The maximum absolute atomic E-state index is 12.7. The molecule has 284 valence electrons. The molecule has 4 rings (SSSR count). The Hall–Kier alpha value is -3.81. The molecule has 2 aliphatic rings. The molecular formula is C36H51Cl2FN4O8. The summed E-state index contributed by atoms with van der Waals surface area (Å²) >= 11 is 11.8. The van der Waals surface area contributed by atoms with E-state index in [0.717, 1.165) is 37.9 Å². The maximum Gasteiger partial charge on any atom is 0.410 e. The SMILES string of the molecule is CC(C)(C)OC(=O)N1CCNCC1.CCOC(=O)c1ccc(F)c(Cl)c1.CCOC(=O)c1ccc(N2CCN(C(=O)OC(C)(C)C)CC2)c(Cl)c1. The van der Waals surface area contributed by atoms with Gasteiger partial charge < -0.3 is 39.0 Å². The van der Waals surface area contributed by atoms with Gasteiger partial charge in [0.25, 0.3) is 0 Å². The minimum atomic E-state index is -0.547. The molecule has 2 amide bonds. The van der Waals surface area contributed by atoms with Gasteiger partial charge in [0.15, 0.2) is 0 Å². The Morgan fingerprint density at radius 3 is 1.53 bits per heavy atom. The Morgan fingerprint density at radius 1 is 0.686 bits per heavy atom. The minimum absolute atomic E-state index is 0.0782. The van der Waals surface area contributed by atoms with E-state index in [-0.39, 0.29) is 40.9 Å². The Balaban J connectivity index is 0.000000292. The summed E-state index contributed by atoms with van der Waals surface area (Å²) in [6, 6.07) is 8.86. The maximum atomic E-state index is 12.7. The van der Waals surface area contributed by atoms with Gasteiger partial charge in [-0.15, -0.1) is 0 Å². The normalized spacial score (nSPS) is 14.6. The summed E-state index contributed by atoms with van der Waals surface area (Å²) < 4.78 is 33.0. The van der Waals surface area contributed by atoms with Gasteiger partial charge in [0.2, 0.25) is 0 Å². The molecule has 2 heterocycles. The number of nitrogens with zero attached hydrogens (tertiary/aromatic N) is 3. The Morgan fingerprint density at radius 2 is 1.12 bits per heavy atom. The number of amides is 2. The molecule has 2 aromatic rings. The summed E-state index contributed by atoms with van der Waals surface area (Å²) in [5.41, 5.74) is 0.650. The van der Waals surface area contributed by atoms with Gasteiger partial charge in [0.05, 0.1) is 40.1 Å². The molecule has 0 radical (unpaired) electrons. The molecule has 2 aliphatic heterocycles. The molecule has 2 fully saturated rings. The fourth-order valence-corrected chi connectivity index (χ4v) is 5.05. The van der Waals surface area contributed by atoms with Crippen LogP contribution < -0.4 is 10.2 Å². The molecule has 12 nitrogen and oxygen atoms in total. The highest BCUT2D eigenvalue weighted by atomic mass is 35.5. The van der Waals surface area contributed by atoms with Crippen LogP contribution in [0.15, 0.2) is 36.4 Å². The van der Waals surface area contributed by atoms with Crippen molar-refractivity contribution < 1.29 is 42.5 Å². The van der Waals surface area contributed by atoms with Crippen LogP contribution in [0, 0.1) is 5.82 Å². The van der Waals surface area contributed by atoms with Crippen LogP contribution in [0.2, 0.25) is 10.0 Å². The number of ether oxygens (including phenoxy) is 4. The van der Waals surface area contributed by atoms with Gasteiger partial charge in [-0.05, 0) is 91.8 Å². The number of esters is 2. The van der Waals surface area contributed by atoms with Crippen molar-refractivity contribution in [1.82, 2.24) is 15.1 Å². The van der Waals surface area contributed by atoms with Crippen LogP contribution >= 0.6 is 23.2 Å². The highest BCUT2D eigenvalue weighted by molar-refractivity contribution is 6.33. The van der Waals surface area contributed by atoms with Crippen molar-refractivity contribution >= 4 is 53.0 Å². The van der Waals surface area contributed by atoms with E-state index in [1.807, 2.05) is 47.6 Å². The molecular weight excluding hydrogens is 706 g/mol. The number of benzene rings is 2. The van der Waals surface area contributed by atoms with Gasteiger partial charge in [-0.2, -0.15) is 0 Å². The fraction of sp³-hybridized carbons (Fsp3) is 0.556. The van der Waals surface area contributed by atoms with Crippen LogP contribution in [0.25, 0.3) is 0 Å². The summed E-state index contributed by atoms with van der Waals surface area (Å²) in [5, 5.41) is 3.60. The van der Waals surface area contributed by atoms with E-state index in [4.69, 9.17) is 42.1 Å². The molecule has 0 bridgehead atoms. The van der Waals surface area contributed by atoms with E-state index in [0.29, 0.717) is 43.4 Å². The number of carbonyl (C=O) groups excluding carboxylic acids is 4. The van der Waals surface area contributed by atoms with Gasteiger partial charge >= 0.3 is 24.1 Å². The van der Waals surface area contributed by atoms with Crippen molar-refractivity contribution in [2.24, 2.45) is 0 Å². The molecule has 2 saturated heterocycles. The van der Waals surface area contributed by atoms with E-state index in [1.54, 1.807) is 35.8 Å².